The minimum Gasteiger partial charge on any atom is -0.406 e. The van der Waals surface area contributed by atoms with E-state index in [2.05, 4.69) is 26.7 Å². The van der Waals surface area contributed by atoms with Crippen LogP contribution in [-0.2, 0) is 0 Å². The minimum atomic E-state index is -4.70. The highest BCUT2D eigenvalue weighted by atomic mass is 79.9. The molecule has 0 heterocycles. The number of rotatable bonds is 1. The first-order chi connectivity index (χ1) is 5.87. The molecule has 0 unspecified atom stereocenters. The lowest BCUT2D eigenvalue weighted by Gasteiger charge is -2.08. The van der Waals surface area contributed by atoms with Crippen LogP contribution in [-0.4, -0.2) is 6.36 Å². The number of hydrogen-bond donors (Lipinski definition) is 0. The fourth-order valence-corrected chi connectivity index (χ4v) is 1.43. The van der Waals surface area contributed by atoms with Gasteiger partial charge in [-0.25, -0.2) is 0 Å². The molecule has 1 aromatic rings. The minimum absolute atomic E-state index is 0.0497. The van der Waals surface area contributed by atoms with Gasteiger partial charge in [-0.1, -0.05) is 11.6 Å². The van der Waals surface area contributed by atoms with Crippen LogP contribution >= 0.6 is 27.5 Å². The monoisotopic (exact) mass is 273 g/mol. The maximum Gasteiger partial charge on any atom is 0.573 e. The molecule has 0 fully saturated rings. The van der Waals surface area contributed by atoms with E-state index < -0.39 is 6.36 Å². The van der Waals surface area contributed by atoms with Gasteiger partial charge in [-0.15, -0.1) is 13.2 Å². The van der Waals surface area contributed by atoms with Gasteiger partial charge in [0.15, 0.2) is 0 Å². The fraction of sp³-hybridized carbons (Fsp3) is 0.143. The molecule has 1 nitrogen and oxygen atoms in total. The summed E-state index contributed by atoms with van der Waals surface area (Å²) in [4.78, 5) is 0. The molecule has 0 saturated carbocycles. The molecule has 0 atom stereocenters. The highest BCUT2D eigenvalue weighted by Gasteiger charge is 2.31. The summed E-state index contributed by atoms with van der Waals surface area (Å²) in [7, 11) is 0. The third-order valence-electron chi connectivity index (χ3n) is 1.01. The van der Waals surface area contributed by atoms with E-state index in [1.807, 2.05) is 0 Å². The van der Waals surface area contributed by atoms with Gasteiger partial charge in [0.2, 0.25) is 0 Å². The molecule has 1 rings (SSSR count). The molecule has 0 aliphatic carbocycles. The average Bonchev–Trinajstić information content (AvgIpc) is 1.78. The van der Waals surface area contributed by atoms with Crippen molar-refractivity contribution in [3.05, 3.63) is 27.7 Å². The van der Waals surface area contributed by atoms with Gasteiger partial charge in [-0.05, 0) is 28.1 Å². The van der Waals surface area contributed by atoms with Crippen molar-refractivity contribution in [3.8, 4) is 5.75 Å². The van der Waals surface area contributed by atoms with Crippen molar-refractivity contribution in [2.45, 2.75) is 6.36 Å². The quantitative estimate of drug-likeness (QED) is 0.757. The maximum absolute atomic E-state index is 11.7. The molecule has 0 saturated heterocycles. The molecule has 0 aliphatic rings. The second-order valence-corrected chi connectivity index (χ2v) is 3.32. The molecular weight excluding hydrogens is 272 g/mol. The standard InChI is InChI=1S/C7H2BrClF3O/c8-4-1-5(9)3-6(2-4)13-7(10,11)12/h2-3H. The third-order valence-corrected chi connectivity index (χ3v) is 1.64. The molecular formula is C7H2BrClF3O. The number of halogens is 5. The number of benzene rings is 1. The Morgan fingerprint density at radius 2 is 2.00 bits per heavy atom. The van der Waals surface area contributed by atoms with E-state index in [0.29, 0.717) is 4.47 Å². The maximum atomic E-state index is 11.7. The smallest absolute Gasteiger partial charge is 0.406 e. The molecule has 1 aromatic carbocycles. The van der Waals surface area contributed by atoms with Gasteiger partial charge in [0.05, 0.1) is 5.02 Å². The lowest BCUT2D eigenvalue weighted by Crippen LogP contribution is -2.17. The van der Waals surface area contributed by atoms with E-state index in [4.69, 9.17) is 11.6 Å². The lowest BCUT2D eigenvalue weighted by atomic mass is 10.3. The van der Waals surface area contributed by atoms with Crippen LogP contribution < -0.4 is 4.74 Å². The highest BCUT2D eigenvalue weighted by molar-refractivity contribution is 9.10. The first-order valence-corrected chi connectivity index (χ1v) is 4.18. The second-order valence-electron chi connectivity index (χ2n) is 2.06. The number of ether oxygens (including phenoxy) is 1. The number of alkyl halides is 3. The molecule has 0 spiro atoms. The van der Waals surface area contributed by atoms with E-state index in [1.54, 1.807) is 0 Å². The van der Waals surface area contributed by atoms with Crippen LogP contribution in [0.15, 0.2) is 16.6 Å². The van der Waals surface area contributed by atoms with Gasteiger partial charge in [-0.2, -0.15) is 0 Å². The summed E-state index contributed by atoms with van der Waals surface area (Å²) in [5, 5.41) is 0.0497. The molecule has 0 amide bonds. The van der Waals surface area contributed by atoms with Crippen molar-refractivity contribution in [3.63, 3.8) is 0 Å². The average molecular weight is 274 g/mol. The van der Waals surface area contributed by atoms with Gasteiger partial charge in [0, 0.05) is 10.5 Å². The lowest BCUT2D eigenvalue weighted by molar-refractivity contribution is -0.274. The van der Waals surface area contributed by atoms with Crippen molar-refractivity contribution in [1.29, 1.82) is 0 Å². The van der Waals surface area contributed by atoms with Gasteiger partial charge >= 0.3 is 6.36 Å². The van der Waals surface area contributed by atoms with Crippen LogP contribution in [0.25, 0.3) is 0 Å². The summed E-state index contributed by atoms with van der Waals surface area (Å²) in [6.45, 7) is 0. The van der Waals surface area contributed by atoms with Crippen LogP contribution in [0.2, 0.25) is 5.02 Å². The Balaban J connectivity index is 2.90. The predicted molar refractivity (Wildman–Crippen MR) is 44.7 cm³/mol. The van der Waals surface area contributed by atoms with Gasteiger partial charge < -0.3 is 4.74 Å². The summed E-state index contributed by atoms with van der Waals surface area (Å²) >= 11 is 8.38. The Labute approximate surface area is 85.6 Å². The van der Waals surface area contributed by atoms with Crippen LogP contribution in [0.4, 0.5) is 13.2 Å². The molecule has 0 aliphatic heterocycles. The Hall–Kier alpha value is -0.420. The van der Waals surface area contributed by atoms with E-state index in [9.17, 15) is 13.2 Å². The van der Waals surface area contributed by atoms with Crippen LogP contribution in [0.1, 0.15) is 0 Å². The Morgan fingerprint density at radius 3 is 2.46 bits per heavy atom. The normalized spacial score (nSPS) is 11.5. The highest BCUT2D eigenvalue weighted by Crippen LogP contribution is 2.28. The van der Waals surface area contributed by atoms with E-state index in [0.717, 1.165) is 12.1 Å². The van der Waals surface area contributed by atoms with E-state index >= 15 is 0 Å². The second kappa shape index (κ2) is 3.75. The fourth-order valence-electron chi connectivity index (χ4n) is 0.670. The molecule has 0 N–H and O–H groups in total. The van der Waals surface area contributed by atoms with E-state index in [-0.39, 0.29) is 10.8 Å². The van der Waals surface area contributed by atoms with Crippen LogP contribution in [0.5, 0.6) is 5.75 Å². The molecule has 1 radical (unpaired) electrons. The topological polar surface area (TPSA) is 9.23 Å². The zero-order valence-corrected chi connectivity index (χ0v) is 8.29. The Bertz CT molecular complexity index is 293. The van der Waals surface area contributed by atoms with Crippen molar-refractivity contribution in [2.75, 3.05) is 0 Å². The Morgan fingerprint density at radius 1 is 1.38 bits per heavy atom. The summed E-state index contributed by atoms with van der Waals surface area (Å²) in [5.41, 5.74) is 0. The molecule has 6 heteroatoms. The summed E-state index contributed by atoms with van der Waals surface area (Å²) < 4.78 is 39.1. The van der Waals surface area contributed by atoms with Crippen molar-refractivity contribution < 1.29 is 17.9 Å². The zero-order valence-electron chi connectivity index (χ0n) is 5.95. The van der Waals surface area contributed by atoms with E-state index in [1.165, 1.54) is 0 Å². The first kappa shape index (κ1) is 10.7. The van der Waals surface area contributed by atoms with Crippen LogP contribution in [0, 0.1) is 6.07 Å². The van der Waals surface area contributed by atoms with Crippen molar-refractivity contribution in [2.24, 2.45) is 0 Å². The zero-order chi connectivity index (χ0) is 10.1. The summed E-state index contributed by atoms with van der Waals surface area (Å²) in [5.74, 6) is -0.372. The Kier molecular flexibility index (Phi) is 3.08. The van der Waals surface area contributed by atoms with Crippen LogP contribution in [0.3, 0.4) is 0 Å². The third kappa shape index (κ3) is 3.87. The molecule has 0 bridgehead atoms. The molecule has 71 valence electrons. The van der Waals surface area contributed by atoms with Crippen molar-refractivity contribution in [1.82, 2.24) is 0 Å². The molecule has 0 aromatic heterocycles. The van der Waals surface area contributed by atoms with Crippen molar-refractivity contribution >= 4 is 27.5 Å². The first-order valence-electron chi connectivity index (χ1n) is 3.01. The van der Waals surface area contributed by atoms with Gasteiger partial charge in [0.1, 0.15) is 5.75 Å². The summed E-state index contributed by atoms with van der Waals surface area (Å²) in [6, 6.07) is 4.68. The number of hydrogen-bond acceptors (Lipinski definition) is 1. The van der Waals surface area contributed by atoms with Gasteiger partial charge in [0.25, 0.3) is 0 Å². The van der Waals surface area contributed by atoms with Gasteiger partial charge in [-0.3, -0.25) is 0 Å². The molecule has 13 heavy (non-hydrogen) atoms. The summed E-state index contributed by atoms with van der Waals surface area (Å²) in [6.07, 6.45) is -4.70. The SMILES string of the molecule is FC(F)(F)Oc1cc(Cl)[c]c(Br)c1. The largest absolute Gasteiger partial charge is 0.573 e. The predicted octanol–water partition coefficient (Wildman–Crippen LogP) is 3.80.